The van der Waals surface area contributed by atoms with E-state index in [1.54, 1.807) is 18.6 Å². The second-order valence-corrected chi connectivity index (χ2v) is 8.30. The molecule has 1 aliphatic rings. The van der Waals surface area contributed by atoms with Crippen molar-refractivity contribution in [1.29, 1.82) is 0 Å². The zero-order valence-corrected chi connectivity index (χ0v) is 17.2. The van der Waals surface area contributed by atoms with Gasteiger partial charge in [-0.05, 0) is 30.7 Å². The van der Waals surface area contributed by atoms with Crippen molar-refractivity contribution in [3.63, 3.8) is 0 Å². The van der Waals surface area contributed by atoms with Crippen LogP contribution >= 0.6 is 23.4 Å². The van der Waals surface area contributed by atoms with Crippen molar-refractivity contribution in [2.24, 2.45) is 0 Å². The highest BCUT2D eigenvalue weighted by Crippen LogP contribution is 2.37. The van der Waals surface area contributed by atoms with Gasteiger partial charge in [0.05, 0.1) is 16.5 Å². The van der Waals surface area contributed by atoms with Crippen LogP contribution in [-0.2, 0) is 6.42 Å². The van der Waals surface area contributed by atoms with E-state index in [4.69, 9.17) is 16.6 Å². The van der Waals surface area contributed by atoms with Crippen molar-refractivity contribution in [2.75, 3.05) is 18.0 Å². The highest BCUT2D eigenvalue weighted by molar-refractivity contribution is 7.99. The van der Waals surface area contributed by atoms with E-state index in [1.165, 1.54) is 11.8 Å². The average molecular weight is 428 g/mol. The van der Waals surface area contributed by atoms with Gasteiger partial charge in [0.2, 0.25) is 0 Å². The quantitative estimate of drug-likeness (QED) is 0.478. The fourth-order valence-electron chi connectivity index (χ4n) is 3.52. The fraction of sp³-hybridized carbons (Fsp3) is 0.316. The van der Waals surface area contributed by atoms with Crippen LogP contribution in [0.25, 0.3) is 22.2 Å². The first-order valence-electron chi connectivity index (χ1n) is 9.38. The zero-order chi connectivity index (χ0) is 20.0. The number of anilines is 1. The van der Waals surface area contributed by atoms with Gasteiger partial charge in [0.25, 0.3) is 0 Å². The van der Waals surface area contributed by atoms with Gasteiger partial charge in [-0.3, -0.25) is 4.98 Å². The number of β-amino-alcohol motifs (C(OH)–C–C–N with tert-alkyl or cyclic N) is 1. The highest BCUT2D eigenvalue weighted by atomic mass is 35.5. The van der Waals surface area contributed by atoms with E-state index in [9.17, 15) is 5.11 Å². The van der Waals surface area contributed by atoms with Crippen LogP contribution in [0.1, 0.15) is 19.0 Å². The summed E-state index contributed by atoms with van der Waals surface area (Å²) in [6.45, 7) is 3.31. The number of nitrogens with one attached hydrogen (secondary N) is 1. The first kappa shape index (κ1) is 18.5. The van der Waals surface area contributed by atoms with Crippen molar-refractivity contribution >= 4 is 51.4 Å². The molecule has 1 atom stereocenters. The Labute approximate surface area is 175 Å². The molecule has 8 nitrogen and oxygen atoms in total. The Balaban J connectivity index is 1.59. The van der Waals surface area contributed by atoms with Gasteiger partial charge < -0.3 is 15.0 Å². The van der Waals surface area contributed by atoms with Crippen LogP contribution in [0.3, 0.4) is 0 Å². The first-order valence-corrected chi connectivity index (χ1v) is 10.6. The van der Waals surface area contributed by atoms with Crippen LogP contribution in [0, 0.1) is 0 Å². The predicted octanol–water partition coefficient (Wildman–Crippen LogP) is 3.23. The van der Waals surface area contributed by atoms with E-state index >= 15 is 0 Å². The number of rotatable bonds is 4. The lowest BCUT2D eigenvalue weighted by Crippen LogP contribution is -2.22. The smallest absolute Gasteiger partial charge is 0.196 e. The summed E-state index contributed by atoms with van der Waals surface area (Å²) < 4.78 is 0. The molecular weight excluding hydrogens is 410 g/mol. The summed E-state index contributed by atoms with van der Waals surface area (Å²) in [6, 6.07) is 1.92. The van der Waals surface area contributed by atoms with Gasteiger partial charge in [0.1, 0.15) is 17.0 Å². The van der Waals surface area contributed by atoms with Crippen LogP contribution in [0.2, 0.25) is 5.02 Å². The van der Waals surface area contributed by atoms with Gasteiger partial charge in [0, 0.05) is 42.3 Å². The highest BCUT2D eigenvalue weighted by Gasteiger charge is 2.26. The van der Waals surface area contributed by atoms with Crippen molar-refractivity contribution in [3.8, 4) is 0 Å². The summed E-state index contributed by atoms with van der Waals surface area (Å²) >= 11 is 8.03. The zero-order valence-electron chi connectivity index (χ0n) is 15.6. The molecule has 0 amide bonds. The number of fused-ring (bicyclic) bond motifs is 2. The molecule has 5 heterocycles. The molecule has 10 heteroatoms. The van der Waals surface area contributed by atoms with E-state index in [1.807, 2.05) is 13.0 Å². The molecule has 1 fully saturated rings. The molecule has 0 radical (unpaired) electrons. The number of H-pyrrole nitrogens is 1. The van der Waals surface area contributed by atoms with Gasteiger partial charge in [-0.1, -0.05) is 18.5 Å². The minimum atomic E-state index is -0.359. The summed E-state index contributed by atoms with van der Waals surface area (Å²) in [6.07, 6.45) is 6.13. The van der Waals surface area contributed by atoms with Crippen LogP contribution < -0.4 is 4.90 Å². The molecule has 2 N–H and O–H groups in total. The second kappa shape index (κ2) is 7.40. The fourth-order valence-corrected chi connectivity index (χ4v) is 4.63. The van der Waals surface area contributed by atoms with Crippen molar-refractivity contribution in [3.05, 3.63) is 35.4 Å². The van der Waals surface area contributed by atoms with Crippen molar-refractivity contribution in [1.82, 2.24) is 29.9 Å². The number of halogens is 1. The number of aliphatic hydroxyl groups is 1. The number of aryl methyl sites for hydroxylation is 1. The summed E-state index contributed by atoms with van der Waals surface area (Å²) in [5.41, 5.74) is 2.96. The van der Waals surface area contributed by atoms with Gasteiger partial charge in [-0.2, -0.15) is 0 Å². The molecule has 0 spiro atoms. The van der Waals surface area contributed by atoms with E-state index in [2.05, 4.69) is 29.8 Å². The lowest BCUT2D eigenvalue weighted by molar-refractivity contribution is 0.198. The number of aromatic amines is 1. The predicted molar refractivity (Wildman–Crippen MR) is 113 cm³/mol. The number of aromatic nitrogens is 6. The maximum Gasteiger partial charge on any atom is 0.196 e. The molecule has 0 saturated carbocycles. The normalized spacial score (nSPS) is 16.9. The monoisotopic (exact) mass is 427 g/mol. The van der Waals surface area contributed by atoms with E-state index in [0.717, 1.165) is 40.3 Å². The average Bonchev–Trinajstić information content (AvgIpc) is 3.30. The van der Waals surface area contributed by atoms with Crippen molar-refractivity contribution < 1.29 is 5.11 Å². The van der Waals surface area contributed by atoms with Gasteiger partial charge in [-0.25, -0.2) is 19.9 Å². The topological polar surface area (TPSA) is 104 Å². The molecule has 1 saturated heterocycles. The molecule has 0 unspecified atom stereocenters. The van der Waals surface area contributed by atoms with E-state index in [-0.39, 0.29) is 6.10 Å². The standard InChI is InChI=1S/C19H18ClN7OS/c1-2-12-15(20)14-17(24-12)25-19(26-18(14)27-6-3-10(28)9-27)29-11-7-13-16(23-8-11)22-5-4-21-13/h4-5,7-8,10,28H,2-3,6,9H2,1H3,(H,24,25,26)/t10-/m1/s1. The minimum Gasteiger partial charge on any atom is -0.391 e. The molecule has 0 aliphatic carbocycles. The molecule has 5 rings (SSSR count). The number of hydrogen-bond donors (Lipinski definition) is 2. The summed E-state index contributed by atoms with van der Waals surface area (Å²) in [5.74, 6) is 0.753. The molecule has 0 bridgehead atoms. The SMILES string of the molecule is CCc1[nH]c2nc(Sc3cnc4nccnc4c3)nc(N3CC[C@@H](O)C3)c2c1Cl. The van der Waals surface area contributed by atoms with Gasteiger partial charge in [0.15, 0.2) is 10.8 Å². The molecule has 29 heavy (non-hydrogen) atoms. The Morgan fingerprint density at radius 1 is 1.28 bits per heavy atom. The summed E-state index contributed by atoms with van der Waals surface area (Å²) in [4.78, 5) is 28.6. The largest absolute Gasteiger partial charge is 0.391 e. The van der Waals surface area contributed by atoms with E-state index < -0.39 is 0 Å². The maximum atomic E-state index is 10.0. The molecule has 0 aromatic carbocycles. The number of nitrogens with zero attached hydrogens (tertiary/aromatic N) is 6. The molecule has 4 aromatic heterocycles. The van der Waals surface area contributed by atoms with Crippen LogP contribution in [0.15, 0.2) is 34.7 Å². The summed E-state index contributed by atoms with van der Waals surface area (Å²) in [7, 11) is 0. The maximum absolute atomic E-state index is 10.0. The Bertz CT molecular complexity index is 1210. The van der Waals surface area contributed by atoms with Gasteiger partial charge >= 0.3 is 0 Å². The third-order valence-corrected chi connectivity index (χ3v) is 6.19. The second-order valence-electron chi connectivity index (χ2n) is 6.89. The minimum absolute atomic E-state index is 0.359. The van der Waals surface area contributed by atoms with E-state index in [0.29, 0.717) is 34.4 Å². The Morgan fingerprint density at radius 2 is 2.14 bits per heavy atom. The Kier molecular flexibility index (Phi) is 4.73. The van der Waals surface area contributed by atoms with Crippen LogP contribution in [0.5, 0.6) is 0 Å². The lowest BCUT2D eigenvalue weighted by atomic mass is 10.3. The molecule has 4 aromatic rings. The molecule has 148 valence electrons. The number of aliphatic hydroxyl groups excluding tert-OH is 1. The third-order valence-electron chi connectivity index (χ3n) is 4.95. The molecule has 1 aliphatic heterocycles. The lowest BCUT2D eigenvalue weighted by Gasteiger charge is -2.18. The van der Waals surface area contributed by atoms with Crippen LogP contribution in [-0.4, -0.2) is 54.2 Å². The van der Waals surface area contributed by atoms with Crippen LogP contribution in [0.4, 0.5) is 5.82 Å². The Hall–Kier alpha value is -2.49. The summed E-state index contributed by atoms with van der Waals surface area (Å²) in [5, 5.41) is 12.1. The van der Waals surface area contributed by atoms with Gasteiger partial charge in [-0.15, -0.1) is 0 Å². The third kappa shape index (κ3) is 3.39. The number of hydrogen-bond acceptors (Lipinski definition) is 8. The molecular formula is C19H18ClN7OS. The van der Waals surface area contributed by atoms with Crippen molar-refractivity contribution in [2.45, 2.75) is 35.9 Å². The Morgan fingerprint density at radius 3 is 2.93 bits per heavy atom. The number of pyridine rings is 1. The first-order chi connectivity index (χ1) is 14.1.